The quantitative estimate of drug-likeness (QED) is 0.434. The summed E-state index contributed by atoms with van der Waals surface area (Å²) in [5.41, 5.74) is 3.20. The molecule has 32 heavy (non-hydrogen) atoms. The van der Waals surface area contributed by atoms with Crippen LogP contribution in [0.15, 0.2) is 88.3 Å². The molecule has 3 aromatic rings. The van der Waals surface area contributed by atoms with Crippen LogP contribution in [-0.4, -0.2) is 23.3 Å². The molecule has 160 valence electrons. The molecule has 5 rings (SSSR count). The summed E-state index contributed by atoms with van der Waals surface area (Å²) in [6.07, 6.45) is 0.812. The van der Waals surface area contributed by atoms with Gasteiger partial charge in [-0.15, -0.1) is 0 Å². The summed E-state index contributed by atoms with van der Waals surface area (Å²) < 4.78 is 0. The molecule has 2 amide bonds. The summed E-state index contributed by atoms with van der Waals surface area (Å²) in [6, 6.07) is 22.6. The monoisotopic (exact) mass is 480 g/mol. The van der Waals surface area contributed by atoms with E-state index in [0.717, 1.165) is 11.3 Å². The van der Waals surface area contributed by atoms with Crippen LogP contribution >= 0.6 is 35.0 Å². The van der Waals surface area contributed by atoms with Gasteiger partial charge < -0.3 is 4.90 Å². The Morgan fingerprint density at radius 1 is 0.812 bits per heavy atom. The van der Waals surface area contributed by atoms with Crippen molar-refractivity contribution in [3.8, 4) is 0 Å². The maximum atomic E-state index is 13.7. The molecule has 2 heterocycles. The summed E-state index contributed by atoms with van der Waals surface area (Å²) in [7, 11) is 0. The van der Waals surface area contributed by atoms with Crippen LogP contribution in [0.25, 0.3) is 0 Å². The number of carbonyl (C=O) groups excluding carboxylic acids is 2. The van der Waals surface area contributed by atoms with Crippen LogP contribution in [0.1, 0.15) is 11.1 Å². The topological polar surface area (TPSA) is 40.6 Å². The highest BCUT2D eigenvalue weighted by Gasteiger charge is 2.43. The predicted octanol–water partition coefficient (Wildman–Crippen LogP) is 5.93. The van der Waals surface area contributed by atoms with Gasteiger partial charge in [-0.1, -0.05) is 77.4 Å². The Morgan fingerprint density at radius 2 is 1.53 bits per heavy atom. The van der Waals surface area contributed by atoms with Gasteiger partial charge in [0, 0.05) is 23.0 Å². The molecular formula is C25H18Cl2N2O2S. The minimum Gasteiger partial charge on any atom is -0.361 e. The summed E-state index contributed by atoms with van der Waals surface area (Å²) in [5, 5.41) is 0.700. The second kappa shape index (κ2) is 8.66. The normalized spacial score (nSPS) is 16.1. The molecule has 0 aliphatic carbocycles. The maximum Gasteiger partial charge on any atom is 0.283 e. The van der Waals surface area contributed by atoms with Crippen molar-refractivity contribution < 1.29 is 9.59 Å². The minimum atomic E-state index is -0.373. The zero-order valence-electron chi connectivity index (χ0n) is 16.9. The first-order valence-corrected chi connectivity index (χ1v) is 11.7. The lowest BCUT2D eigenvalue weighted by atomic mass is 9.99. The van der Waals surface area contributed by atoms with E-state index >= 15 is 0 Å². The SMILES string of the molecule is O=C1C(Sc2ccccc2)=C(N2CCc3ccccc3C2)C(=O)N1c1ccc(Cl)cc1Cl. The van der Waals surface area contributed by atoms with Crippen LogP contribution in [0.4, 0.5) is 5.69 Å². The minimum absolute atomic E-state index is 0.258. The van der Waals surface area contributed by atoms with Crippen molar-refractivity contribution in [3.05, 3.63) is 105 Å². The van der Waals surface area contributed by atoms with Crippen molar-refractivity contribution in [1.82, 2.24) is 4.90 Å². The Bertz CT molecular complexity index is 1260. The van der Waals surface area contributed by atoms with E-state index < -0.39 is 0 Å². The van der Waals surface area contributed by atoms with Gasteiger partial charge in [0.25, 0.3) is 11.8 Å². The van der Waals surface area contributed by atoms with Gasteiger partial charge in [-0.25, -0.2) is 4.90 Å². The van der Waals surface area contributed by atoms with Gasteiger partial charge in [0.1, 0.15) is 10.6 Å². The Balaban J connectivity index is 1.57. The third-order valence-corrected chi connectivity index (χ3v) is 7.20. The second-order valence-corrected chi connectivity index (χ2v) is 9.50. The molecule has 0 bridgehead atoms. The van der Waals surface area contributed by atoms with Crippen LogP contribution in [0.5, 0.6) is 0 Å². The van der Waals surface area contributed by atoms with Crippen molar-refractivity contribution in [3.63, 3.8) is 0 Å². The number of nitrogens with zero attached hydrogens (tertiary/aromatic N) is 2. The van der Waals surface area contributed by atoms with Crippen LogP contribution in [-0.2, 0) is 22.6 Å². The molecule has 0 aromatic heterocycles. The molecule has 0 saturated carbocycles. The van der Waals surface area contributed by atoms with Gasteiger partial charge >= 0.3 is 0 Å². The lowest BCUT2D eigenvalue weighted by molar-refractivity contribution is -0.121. The van der Waals surface area contributed by atoms with E-state index in [0.29, 0.717) is 34.4 Å². The molecular weight excluding hydrogens is 463 g/mol. The highest BCUT2D eigenvalue weighted by atomic mass is 35.5. The van der Waals surface area contributed by atoms with E-state index in [1.807, 2.05) is 47.4 Å². The third kappa shape index (κ3) is 3.81. The highest BCUT2D eigenvalue weighted by molar-refractivity contribution is 8.04. The van der Waals surface area contributed by atoms with E-state index in [2.05, 4.69) is 12.1 Å². The first-order chi connectivity index (χ1) is 15.5. The Hall–Kier alpha value is -2.73. The standard InChI is InChI=1S/C25H18Cl2N2O2S/c26-18-10-11-21(20(27)14-18)29-24(30)22(23(25(29)31)32-19-8-2-1-3-9-19)28-13-12-16-6-4-5-7-17(16)15-28/h1-11,14H,12-13,15H2. The first-order valence-electron chi connectivity index (χ1n) is 10.2. The van der Waals surface area contributed by atoms with Crippen molar-refractivity contribution >= 4 is 52.5 Å². The van der Waals surface area contributed by atoms with Crippen LogP contribution in [0.2, 0.25) is 10.0 Å². The van der Waals surface area contributed by atoms with Crippen molar-refractivity contribution in [2.75, 3.05) is 11.4 Å². The molecule has 0 unspecified atom stereocenters. The van der Waals surface area contributed by atoms with E-state index in [1.165, 1.54) is 33.9 Å². The molecule has 2 aliphatic rings. The number of hydrogen-bond donors (Lipinski definition) is 0. The predicted molar refractivity (Wildman–Crippen MR) is 129 cm³/mol. The molecule has 0 fully saturated rings. The number of anilines is 1. The fourth-order valence-corrected chi connectivity index (χ4v) is 5.56. The van der Waals surface area contributed by atoms with E-state index in [9.17, 15) is 9.59 Å². The smallest absolute Gasteiger partial charge is 0.283 e. The summed E-state index contributed by atoms with van der Waals surface area (Å²) >= 11 is 13.7. The number of rotatable bonds is 4. The van der Waals surface area contributed by atoms with Gasteiger partial charge in [-0.05, 0) is 47.9 Å². The number of hydrogen-bond acceptors (Lipinski definition) is 4. The molecule has 4 nitrogen and oxygen atoms in total. The average molecular weight is 481 g/mol. The van der Waals surface area contributed by atoms with E-state index in [-0.39, 0.29) is 16.8 Å². The van der Waals surface area contributed by atoms with Gasteiger partial charge in [0.15, 0.2) is 0 Å². The maximum absolute atomic E-state index is 13.7. The fourth-order valence-electron chi connectivity index (χ4n) is 4.04. The molecule has 0 atom stereocenters. The number of imide groups is 1. The van der Waals surface area contributed by atoms with Gasteiger partial charge in [-0.3, -0.25) is 9.59 Å². The lowest BCUT2D eigenvalue weighted by Gasteiger charge is -2.31. The van der Waals surface area contributed by atoms with Gasteiger partial charge in [0.05, 0.1) is 10.7 Å². The first kappa shape index (κ1) is 21.1. The molecule has 2 aliphatic heterocycles. The van der Waals surface area contributed by atoms with E-state index in [4.69, 9.17) is 23.2 Å². The Kier molecular flexibility index (Phi) is 5.72. The van der Waals surface area contributed by atoms with Gasteiger partial charge in [-0.2, -0.15) is 0 Å². The number of amides is 2. The third-order valence-electron chi connectivity index (χ3n) is 5.58. The van der Waals surface area contributed by atoms with Gasteiger partial charge in [0.2, 0.25) is 0 Å². The van der Waals surface area contributed by atoms with Crippen LogP contribution in [0.3, 0.4) is 0 Å². The Morgan fingerprint density at radius 3 is 2.28 bits per heavy atom. The molecule has 3 aromatic carbocycles. The fraction of sp³-hybridized carbons (Fsp3) is 0.120. The summed E-state index contributed by atoms with van der Waals surface area (Å²) in [6.45, 7) is 1.23. The number of carbonyl (C=O) groups is 2. The largest absolute Gasteiger partial charge is 0.361 e. The highest BCUT2D eigenvalue weighted by Crippen LogP contribution is 2.42. The van der Waals surface area contributed by atoms with Crippen molar-refractivity contribution in [1.29, 1.82) is 0 Å². The molecule has 7 heteroatoms. The summed E-state index contributed by atoms with van der Waals surface area (Å²) in [5.74, 6) is -0.737. The number of halogens is 2. The zero-order valence-corrected chi connectivity index (χ0v) is 19.3. The molecule has 0 N–H and O–H groups in total. The van der Waals surface area contributed by atoms with Crippen molar-refractivity contribution in [2.24, 2.45) is 0 Å². The summed E-state index contributed by atoms with van der Waals surface area (Å²) in [4.78, 5) is 31.7. The second-order valence-electron chi connectivity index (χ2n) is 7.57. The number of thioether (sulfide) groups is 1. The zero-order chi connectivity index (χ0) is 22.2. The van der Waals surface area contributed by atoms with Crippen LogP contribution in [0, 0.1) is 0 Å². The lowest BCUT2D eigenvalue weighted by Crippen LogP contribution is -2.37. The van der Waals surface area contributed by atoms with Crippen molar-refractivity contribution in [2.45, 2.75) is 17.9 Å². The average Bonchev–Trinajstić information content (AvgIpc) is 3.04. The Labute approximate surface area is 200 Å². The molecule has 0 radical (unpaired) electrons. The molecule has 0 saturated heterocycles. The van der Waals surface area contributed by atoms with Crippen LogP contribution < -0.4 is 4.90 Å². The number of fused-ring (bicyclic) bond motifs is 1. The molecule has 0 spiro atoms. The van der Waals surface area contributed by atoms with E-state index in [1.54, 1.807) is 12.1 Å². The number of benzene rings is 3.